The summed E-state index contributed by atoms with van der Waals surface area (Å²) in [6.45, 7) is 0. The van der Waals surface area contributed by atoms with E-state index in [0.29, 0.717) is 10.7 Å². The molecule has 0 spiro atoms. The molecule has 2 rings (SSSR count). The molecule has 0 unspecified atom stereocenters. The molecule has 0 radical (unpaired) electrons. The largest absolute Gasteiger partial charge is 0.398 e. The summed E-state index contributed by atoms with van der Waals surface area (Å²) in [4.78, 5) is 1.34. The van der Waals surface area contributed by atoms with Gasteiger partial charge in [-0.3, -0.25) is 0 Å². The Bertz CT molecular complexity index is 423. The monoisotopic (exact) mass is 223 g/mol. The summed E-state index contributed by atoms with van der Waals surface area (Å²) in [7, 11) is 0. The van der Waals surface area contributed by atoms with E-state index in [1.165, 1.54) is 10.4 Å². The average molecular weight is 224 g/mol. The maximum Gasteiger partial charge on any atom is 0.0635 e. The minimum atomic E-state index is 0.625. The van der Waals surface area contributed by atoms with Gasteiger partial charge in [-0.2, -0.15) is 0 Å². The van der Waals surface area contributed by atoms with Crippen molar-refractivity contribution in [2.45, 2.75) is 6.42 Å². The fourth-order valence-corrected chi connectivity index (χ4v) is 2.17. The van der Waals surface area contributed by atoms with Crippen LogP contribution < -0.4 is 5.73 Å². The maximum atomic E-state index is 5.84. The highest BCUT2D eigenvalue weighted by Crippen LogP contribution is 2.22. The summed E-state index contributed by atoms with van der Waals surface area (Å²) in [5.41, 5.74) is 7.58. The second-order valence-electron chi connectivity index (χ2n) is 3.11. The lowest BCUT2D eigenvalue weighted by atomic mass is 10.1. The number of hydrogen-bond donors (Lipinski definition) is 1. The Labute approximate surface area is 92.1 Å². The van der Waals surface area contributed by atoms with Crippen molar-refractivity contribution in [3.05, 3.63) is 51.2 Å². The highest BCUT2D eigenvalue weighted by molar-refractivity contribution is 7.09. The zero-order chi connectivity index (χ0) is 9.97. The van der Waals surface area contributed by atoms with Gasteiger partial charge in [-0.1, -0.05) is 23.7 Å². The molecule has 1 heterocycles. The van der Waals surface area contributed by atoms with Crippen molar-refractivity contribution in [3.8, 4) is 0 Å². The van der Waals surface area contributed by atoms with Crippen LogP contribution >= 0.6 is 22.9 Å². The lowest BCUT2D eigenvalue weighted by molar-refractivity contribution is 1.24. The predicted molar refractivity (Wildman–Crippen MR) is 63.0 cm³/mol. The van der Waals surface area contributed by atoms with Gasteiger partial charge in [-0.25, -0.2) is 0 Å². The summed E-state index contributed by atoms with van der Waals surface area (Å²) >= 11 is 7.59. The Hall–Kier alpha value is -0.990. The fraction of sp³-hybridized carbons (Fsp3) is 0.0909. The molecule has 0 bridgehead atoms. The van der Waals surface area contributed by atoms with Gasteiger partial charge < -0.3 is 5.73 Å². The number of nitrogens with two attached hydrogens (primary N) is 1. The molecule has 0 fully saturated rings. The molecule has 0 saturated carbocycles. The van der Waals surface area contributed by atoms with E-state index in [4.69, 9.17) is 17.3 Å². The molecule has 0 atom stereocenters. The van der Waals surface area contributed by atoms with E-state index in [2.05, 4.69) is 17.5 Å². The Balaban J connectivity index is 2.22. The third kappa shape index (κ3) is 2.08. The van der Waals surface area contributed by atoms with Crippen LogP contribution in [0.25, 0.3) is 0 Å². The van der Waals surface area contributed by atoms with Gasteiger partial charge >= 0.3 is 0 Å². The third-order valence-corrected chi connectivity index (χ3v) is 3.24. The molecule has 1 nitrogen and oxygen atoms in total. The summed E-state index contributed by atoms with van der Waals surface area (Å²) in [6, 6.07) is 9.97. The summed E-state index contributed by atoms with van der Waals surface area (Å²) in [5.74, 6) is 0. The standard InChI is InChI=1S/C11H10ClNS/c12-10-4-3-8(7-11(10)13)6-9-2-1-5-14-9/h1-5,7H,6,13H2. The predicted octanol–water partition coefficient (Wildman–Crippen LogP) is 3.57. The van der Waals surface area contributed by atoms with E-state index in [1.807, 2.05) is 18.2 Å². The van der Waals surface area contributed by atoms with Gasteiger partial charge in [0.15, 0.2) is 0 Å². The molecule has 1 aromatic carbocycles. The number of benzene rings is 1. The molecule has 0 amide bonds. The fourth-order valence-electron chi connectivity index (χ4n) is 1.32. The first kappa shape index (κ1) is 9.56. The van der Waals surface area contributed by atoms with Crippen molar-refractivity contribution in [2.75, 3.05) is 5.73 Å². The highest BCUT2D eigenvalue weighted by atomic mass is 35.5. The van der Waals surface area contributed by atoms with E-state index in [0.717, 1.165) is 6.42 Å². The van der Waals surface area contributed by atoms with Gasteiger partial charge in [-0.05, 0) is 29.1 Å². The van der Waals surface area contributed by atoms with Crippen LogP contribution in [0, 0.1) is 0 Å². The lowest BCUT2D eigenvalue weighted by Gasteiger charge is -2.02. The molecule has 0 aliphatic carbocycles. The second kappa shape index (κ2) is 4.03. The van der Waals surface area contributed by atoms with Gasteiger partial charge in [0.25, 0.3) is 0 Å². The zero-order valence-corrected chi connectivity index (χ0v) is 9.11. The van der Waals surface area contributed by atoms with E-state index >= 15 is 0 Å². The first-order valence-corrected chi connectivity index (χ1v) is 5.58. The van der Waals surface area contributed by atoms with Crippen molar-refractivity contribution in [1.82, 2.24) is 0 Å². The van der Waals surface area contributed by atoms with Crippen LogP contribution in [-0.2, 0) is 6.42 Å². The molecular weight excluding hydrogens is 214 g/mol. The van der Waals surface area contributed by atoms with Gasteiger partial charge in [0.05, 0.1) is 10.7 Å². The molecule has 0 saturated heterocycles. The van der Waals surface area contributed by atoms with Crippen molar-refractivity contribution >= 4 is 28.6 Å². The number of rotatable bonds is 2. The smallest absolute Gasteiger partial charge is 0.0635 e. The van der Waals surface area contributed by atoms with Crippen LogP contribution in [0.4, 0.5) is 5.69 Å². The van der Waals surface area contributed by atoms with Crippen LogP contribution in [0.3, 0.4) is 0 Å². The summed E-state index contributed by atoms with van der Waals surface area (Å²) in [5, 5.41) is 2.70. The van der Waals surface area contributed by atoms with E-state index in [-0.39, 0.29) is 0 Å². The van der Waals surface area contributed by atoms with Crippen LogP contribution in [-0.4, -0.2) is 0 Å². The van der Waals surface area contributed by atoms with Crippen LogP contribution in [0.5, 0.6) is 0 Å². The molecule has 1 aromatic heterocycles. The molecule has 72 valence electrons. The minimum absolute atomic E-state index is 0.625. The molecule has 0 aliphatic rings. The van der Waals surface area contributed by atoms with Crippen molar-refractivity contribution in [3.63, 3.8) is 0 Å². The van der Waals surface area contributed by atoms with Crippen LogP contribution in [0.15, 0.2) is 35.7 Å². The number of anilines is 1. The van der Waals surface area contributed by atoms with E-state index < -0.39 is 0 Å². The Morgan fingerprint density at radius 1 is 1.29 bits per heavy atom. The van der Waals surface area contributed by atoms with Gasteiger partial charge in [0.2, 0.25) is 0 Å². The molecular formula is C11H10ClNS. The Morgan fingerprint density at radius 3 is 2.79 bits per heavy atom. The third-order valence-electron chi connectivity index (χ3n) is 2.02. The Kier molecular flexibility index (Phi) is 2.75. The lowest BCUT2D eigenvalue weighted by Crippen LogP contribution is -1.90. The van der Waals surface area contributed by atoms with Crippen molar-refractivity contribution in [2.24, 2.45) is 0 Å². The zero-order valence-electron chi connectivity index (χ0n) is 7.53. The summed E-state index contributed by atoms with van der Waals surface area (Å²) < 4.78 is 0. The number of hydrogen-bond acceptors (Lipinski definition) is 2. The maximum absolute atomic E-state index is 5.84. The van der Waals surface area contributed by atoms with E-state index in [9.17, 15) is 0 Å². The number of thiophene rings is 1. The van der Waals surface area contributed by atoms with Crippen molar-refractivity contribution < 1.29 is 0 Å². The van der Waals surface area contributed by atoms with Crippen LogP contribution in [0.1, 0.15) is 10.4 Å². The quantitative estimate of drug-likeness (QED) is 0.774. The second-order valence-corrected chi connectivity index (χ2v) is 4.55. The Morgan fingerprint density at radius 2 is 2.14 bits per heavy atom. The molecule has 3 heteroatoms. The first-order chi connectivity index (χ1) is 6.75. The first-order valence-electron chi connectivity index (χ1n) is 4.32. The van der Waals surface area contributed by atoms with Crippen LogP contribution in [0.2, 0.25) is 5.02 Å². The average Bonchev–Trinajstić information content (AvgIpc) is 2.64. The molecule has 2 N–H and O–H groups in total. The van der Waals surface area contributed by atoms with Crippen molar-refractivity contribution in [1.29, 1.82) is 0 Å². The van der Waals surface area contributed by atoms with Gasteiger partial charge in [0.1, 0.15) is 0 Å². The van der Waals surface area contributed by atoms with Gasteiger partial charge in [-0.15, -0.1) is 11.3 Å². The SMILES string of the molecule is Nc1cc(Cc2cccs2)ccc1Cl. The molecule has 0 aliphatic heterocycles. The molecule has 2 aromatic rings. The van der Waals surface area contributed by atoms with E-state index in [1.54, 1.807) is 11.3 Å². The minimum Gasteiger partial charge on any atom is -0.398 e. The number of nitrogen functional groups attached to an aromatic ring is 1. The van der Waals surface area contributed by atoms with Gasteiger partial charge in [0, 0.05) is 11.3 Å². The normalized spacial score (nSPS) is 10.4. The summed E-state index contributed by atoms with van der Waals surface area (Å²) in [6.07, 6.45) is 0.930. The topological polar surface area (TPSA) is 26.0 Å². The highest BCUT2D eigenvalue weighted by Gasteiger charge is 2.00. The molecule has 14 heavy (non-hydrogen) atoms. The number of halogens is 1.